The Labute approximate surface area is 100 Å². The summed E-state index contributed by atoms with van der Waals surface area (Å²) >= 11 is 0. The maximum atomic E-state index is 11.8. The molecule has 2 N–H and O–H groups in total. The second-order valence-electron chi connectivity index (χ2n) is 4.41. The molecule has 6 nitrogen and oxygen atoms in total. The van der Waals surface area contributed by atoms with Crippen LogP contribution in [0.4, 0.5) is 0 Å². The van der Waals surface area contributed by atoms with Gasteiger partial charge in [-0.3, -0.25) is 9.59 Å². The Balaban J connectivity index is 2.54. The molecule has 17 heavy (non-hydrogen) atoms. The van der Waals surface area contributed by atoms with Crippen molar-refractivity contribution in [1.29, 1.82) is 0 Å². The Morgan fingerprint density at radius 3 is 2.65 bits per heavy atom. The number of carboxylic acids is 1. The van der Waals surface area contributed by atoms with E-state index in [1.165, 1.54) is 0 Å². The van der Waals surface area contributed by atoms with Crippen LogP contribution in [0.5, 0.6) is 0 Å². The van der Waals surface area contributed by atoms with Gasteiger partial charge in [0.1, 0.15) is 0 Å². The molecule has 2 unspecified atom stereocenters. The van der Waals surface area contributed by atoms with Crippen molar-refractivity contribution in [2.75, 3.05) is 19.8 Å². The number of rotatable bonds is 5. The molecule has 0 bridgehead atoms. The van der Waals surface area contributed by atoms with Crippen LogP contribution in [-0.2, 0) is 19.1 Å². The zero-order valence-electron chi connectivity index (χ0n) is 10.2. The number of hydrogen-bond donors (Lipinski definition) is 2. The van der Waals surface area contributed by atoms with Crippen LogP contribution in [0.3, 0.4) is 0 Å². The normalized spacial score (nSPS) is 23.8. The van der Waals surface area contributed by atoms with E-state index in [9.17, 15) is 9.59 Å². The molecule has 1 aliphatic rings. The molecule has 0 aliphatic carbocycles. The lowest BCUT2D eigenvalue weighted by Crippen LogP contribution is -2.53. The monoisotopic (exact) mass is 245 g/mol. The minimum absolute atomic E-state index is 0.108. The molecule has 1 rings (SSSR count). The van der Waals surface area contributed by atoms with Crippen LogP contribution in [0.2, 0.25) is 0 Å². The number of hydrogen-bond acceptors (Lipinski definition) is 4. The first-order chi connectivity index (χ1) is 7.97. The molecule has 0 spiro atoms. The van der Waals surface area contributed by atoms with Crippen molar-refractivity contribution < 1.29 is 24.2 Å². The van der Waals surface area contributed by atoms with Gasteiger partial charge in [0.25, 0.3) is 5.91 Å². The van der Waals surface area contributed by atoms with Crippen LogP contribution in [0.25, 0.3) is 0 Å². The minimum atomic E-state index is -0.935. The fourth-order valence-electron chi connectivity index (χ4n) is 1.61. The largest absolute Gasteiger partial charge is 0.481 e. The molecule has 6 heteroatoms. The van der Waals surface area contributed by atoms with E-state index < -0.39 is 17.6 Å². The van der Waals surface area contributed by atoms with E-state index in [2.05, 4.69) is 5.32 Å². The van der Waals surface area contributed by atoms with Gasteiger partial charge in [0, 0.05) is 5.54 Å². The lowest BCUT2D eigenvalue weighted by atomic mass is 9.94. The number of nitrogens with one attached hydrogen (secondary N) is 1. The SMILES string of the molecule is CCC(C)(CC(=O)O)NC(=O)C1COCCO1. The van der Waals surface area contributed by atoms with Gasteiger partial charge in [-0.2, -0.15) is 0 Å². The predicted octanol–water partition coefficient (Wildman–Crippen LogP) is 0.161. The third-order valence-electron chi connectivity index (χ3n) is 2.86. The van der Waals surface area contributed by atoms with Crippen molar-refractivity contribution >= 4 is 11.9 Å². The van der Waals surface area contributed by atoms with Crippen molar-refractivity contribution in [2.24, 2.45) is 0 Å². The van der Waals surface area contributed by atoms with Crippen LogP contribution < -0.4 is 5.32 Å². The topological polar surface area (TPSA) is 84.9 Å². The molecule has 0 aromatic rings. The summed E-state index contributed by atoms with van der Waals surface area (Å²) in [5, 5.41) is 11.5. The lowest BCUT2D eigenvalue weighted by molar-refractivity contribution is -0.150. The third-order valence-corrected chi connectivity index (χ3v) is 2.86. The summed E-state index contributed by atoms with van der Waals surface area (Å²) < 4.78 is 10.4. The number of aliphatic carboxylic acids is 1. The van der Waals surface area contributed by atoms with Gasteiger partial charge in [-0.15, -0.1) is 0 Å². The first-order valence-electron chi connectivity index (χ1n) is 5.70. The Morgan fingerprint density at radius 2 is 2.18 bits per heavy atom. The predicted molar refractivity (Wildman–Crippen MR) is 59.7 cm³/mol. The minimum Gasteiger partial charge on any atom is -0.481 e. The van der Waals surface area contributed by atoms with Gasteiger partial charge in [0.15, 0.2) is 6.10 Å². The zero-order valence-corrected chi connectivity index (χ0v) is 10.2. The average molecular weight is 245 g/mol. The first-order valence-corrected chi connectivity index (χ1v) is 5.70. The van der Waals surface area contributed by atoms with E-state index in [1.807, 2.05) is 6.92 Å². The Kier molecular flexibility index (Phi) is 4.89. The average Bonchev–Trinajstić information content (AvgIpc) is 2.29. The number of ether oxygens (including phenoxy) is 2. The van der Waals surface area contributed by atoms with Crippen LogP contribution in [0, 0.1) is 0 Å². The Bertz CT molecular complexity index is 288. The highest BCUT2D eigenvalue weighted by molar-refractivity contribution is 5.82. The summed E-state index contributed by atoms with van der Waals surface area (Å²) in [7, 11) is 0. The summed E-state index contributed by atoms with van der Waals surface area (Å²) in [5.74, 6) is -1.24. The highest BCUT2D eigenvalue weighted by Gasteiger charge is 2.31. The van der Waals surface area contributed by atoms with Crippen LogP contribution >= 0.6 is 0 Å². The maximum Gasteiger partial charge on any atom is 0.305 e. The standard InChI is InChI=1S/C11H19NO5/c1-3-11(2,6-9(13)14)12-10(15)8-7-16-4-5-17-8/h8H,3-7H2,1-2H3,(H,12,15)(H,13,14). The van der Waals surface area contributed by atoms with E-state index in [1.54, 1.807) is 6.92 Å². The number of carbonyl (C=O) groups is 2. The van der Waals surface area contributed by atoms with Gasteiger partial charge < -0.3 is 19.9 Å². The molecule has 98 valence electrons. The van der Waals surface area contributed by atoms with E-state index in [-0.39, 0.29) is 18.9 Å². The van der Waals surface area contributed by atoms with Crippen molar-refractivity contribution in [3.63, 3.8) is 0 Å². The molecular weight excluding hydrogens is 226 g/mol. The second-order valence-corrected chi connectivity index (χ2v) is 4.41. The highest BCUT2D eigenvalue weighted by atomic mass is 16.6. The van der Waals surface area contributed by atoms with Crippen LogP contribution in [0.1, 0.15) is 26.7 Å². The fourth-order valence-corrected chi connectivity index (χ4v) is 1.61. The molecule has 1 aliphatic heterocycles. The molecule has 1 saturated heterocycles. The molecule has 0 aromatic carbocycles. The Morgan fingerprint density at radius 1 is 1.47 bits per heavy atom. The summed E-state index contributed by atoms with van der Waals surface area (Å²) in [6.45, 7) is 4.65. The molecule has 0 aromatic heterocycles. The van der Waals surface area contributed by atoms with Gasteiger partial charge in [0.05, 0.1) is 26.2 Å². The van der Waals surface area contributed by atoms with Crippen molar-refractivity contribution in [2.45, 2.75) is 38.3 Å². The van der Waals surface area contributed by atoms with Gasteiger partial charge in [-0.05, 0) is 13.3 Å². The molecular formula is C11H19NO5. The van der Waals surface area contributed by atoms with Gasteiger partial charge in [-0.25, -0.2) is 0 Å². The fraction of sp³-hybridized carbons (Fsp3) is 0.818. The summed E-state index contributed by atoms with van der Waals surface area (Å²) in [6, 6.07) is 0. The van der Waals surface area contributed by atoms with E-state index in [0.29, 0.717) is 19.6 Å². The molecule has 0 saturated carbocycles. The number of carboxylic acid groups (broad SMARTS) is 1. The molecule has 1 amide bonds. The molecule has 2 atom stereocenters. The Hall–Kier alpha value is -1.14. The van der Waals surface area contributed by atoms with Crippen LogP contribution in [-0.4, -0.2) is 48.4 Å². The quantitative estimate of drug-likeness (QED) is 0.720. The van der Waals surface area contributed by atoms with E-state index in [0.717, 1.165) is 0 Å². The summed E-state index contributed by atoms with van der Waals surface area (Å²) in [4.78, 5) is 22.6. The summed E-state index contributed by atoms with van der Waals surface area (Å²) in [6.07, 6.45) is -0.204. The first kappa shape index (κ1) is 13.9. The summed E-state index contributed by atoms with van der Waals surface area (Å²) in [5.41, 5.74) is -0.746. The van der Waals surface area contributed by atoms with Crippen molar-refractivity contribution in [3.8, 4) is 0 Å². The van der Waals surface area contributed by atoms with Crippen LogP contribution in [0.15, 0.2) is 0 Å². The third kappa shape index (κ3) is 4.32. The van der Waals surface area contributed by atoms with Gasteiger partial charge in [0.2, 0.25) is 0 Å². The van der Waals surface area contributed by atoms with E-state index >= 15 is 0 Å². The van der Waals surface area contributed by atoms with Crippen molar-refractivity contribution in [1.82, 2.24) is 5.32 Å². The number of amides is 1. The van der Waals surface area contributed by atoms with Crippen molar-refractivity contribution in [3.05, 3.63) is 0 Å². The van der Waals surface area contributed by atoms with Gasteiger partial charge >= 0.3 is 5.97 Å². The maximum absolute atomic E-state index is 11.8. The molecule has 1 fully saturated rings. The smallest absolute Gasteiger partial charge is 0.305 e. The zero-order chi connectivity index (χ0) is 12.9. The van der Waals surface area contributed by atoms with E-state index in [4.69, 9.17) is 14.6 Å². The molecule has 1 heterocycles. The number of carbonyl (C=O) groups excluding carboxylic acids is 1. The van der Waals surface area contributed by atoms with Gasteiger partial charge in [-0.1, -0.05) is 6.92 Å². The lowest BCUT2D eigenvalue weighted by Gasteiger charge is -2.31. The molecule has 0 radical (unpaired) electrons. The highest BCUT2D eigenvalue weighted by Crippen LogP contribution is 2.15. The second kappa shape index (κ2) is 5.97.